The van der Waals surface area contributed by atoms with Crippen molar-refractivity contribution in [2.24, 2.45) is 0 Å². The average Bonchev–Trinajstić information content (AvgIpc) is 3.31. The van der Waals surface area contributed by atoms with Gasteiger partial charge in [0, 0.05) is 16.5 Å². The molecular formula is C25H22FN3O3S. The topological polar surface area (TPSA) is 81.1 Å². The van der Waals surface area contributed by atoms with Crippen molar-refractivity contribution in [2.45, 2.75) is 18.9 Å². The van der Waals surface area contributed by atoms with Crippen LogP contribution in [0.4, 0.5) is 4.39 Å². The van der Waals surface area contributed by atoms with Crippen molar-refractivity contribution in [1.82, 2.24) is 15.1 Å². The number of rotatable bonds is 4. The Labute approximate surface area is 191 Å². The van der Waals surface area contributed by atoms with Gasteiger partial charge in [0.1, 0.15) is 11.5 Å². The number of hydrogen-bond acceptors (Lipinski definition) is 4. The number of aromatic nitrogens is 2. The predicted octanol–water partition coefficient (Wildman–Crippen LogP) is 4.14. The van der Waals surface area contributed by atoms with E-state index in [1.54, 1.807) is 35.9 Å². The second-order valence-corrected chi connectivity index (χ2v) is 10.9. The predicted molar refractivity (Wildman–Crippen MR) is 126 cm³/mol. The minimum Gasteiger partial charge on any atom is -0.346 e. The summed E-state index contributed by atoms with van der Waals surface area (Å²) in [6.07, 6.45) is 0.384. The maximum absolute atomic E-state index is 13.5. The Morgan fingerprint density at radius 1 is 1.06 bits per heavy atom. The Bertz CT molecular complexity index is 1460. The van der Waals surface area contributed by atoms with E-state index in [0.717, 1.165) is 16.6 Å². The van der Waals surface area contributed by atoms with Gasteiger partial charge in [0.05, 0.1) is 28.2 Å². The van der Waals surface area contributed by atoms with Crippen molar-refractivity contribution in [1.29, 1.82) is 0 Å². The van der Waals surface area contributed by atoms with Gasteiger partial charge < -0.3 is 5.32 Å². The number of hydrogen-bond donors (Lipinski definition) is 1. The maximum atomic E-state index is 13.5. The molecule has 0 bridgehead atoms. The lowest BCUT2D eigenvalue weighted by Gasteiger charge is -2.23. The first-order valence-electron chi connectivity index (χ1n) is 10.6. The summed E-state index contributed by atoms with van der Waals surface area (Å²) in [4.78, 5) is 13.0. The number of amides is 1. The molecule has 5 rings (SSSR count). The molecule has 0 aliphatic carbocycles. The van der Waals surface area contributed by atoms with Gasteiger partial charge in [-0.2, -0.15) is 5.10 Å². The van der Waals surface area contributed by atoms with E-state index in [4.69, 9.17) is 5.10 Å². The molecule has 1 N–H and O–H groups in total. The van der Waals surface area contributed by atoms with Crippen molar-refractivity contribution in [3.05, 3.63) is 84.2 Å². The summed E-state index contributed by atoms with van der Waals surface area (Å²) in [5.41, 5.74) is 2.63. The maximum Gasteiger partial charge on any atom is 0.251 e. The van der Waals surface area contributed by atoms with Gasteiger partial charge in [-0.05, 0) is 55.8 Å². The Kier molecular flexibility index (Phi) is 5.05. The highest BCUT2D eigenvalue weighted by Gasteiger charge is 2.39. The van der Waals surface area contributed by atoms with Crippen LogP contribution in [0.1, 0.15) is 23.7 Å². The quantitative estimate of drug-likeness (QED) is 0.493. The molecule has 0 unspecified atom stereocenters. The van der Waals surface area contributed by atoms with Crippen molar-refractivity contribution in [3.8, 4) is 16.9 Å². The zero-order chi connectivity index (χ0) is 23.2. The minimum atomic E-state index is -3.15. The van der Waals surface area contributed by atoms with E-state index < -0.39 is 15.4 Å². The third-order valence-corrected chi connectivity index (χ3v) is 7.88. The standard InChI is InChI=1S/C25H22FN3O3S/c1-25(13-14-33(31,32)16-25)27-24(30)18-7-12-21-22(15-18)29(20-10-8-19(26)9-11-20)28-23(21)17-5-3-2-4-6-17/h2-12,15H,13-14,16H2,1H3,(H,27,30)/t25-/m1/s1. The van der Waals surface area contributed by atoms with Gasteiger partial charge >= 0.3 is 0 Å². The van der Waals surface area contributed by atoms with Gasteiger partial charge in [0.2, 0.25) is 0 Å². The van der Waals surface area contributed by atoms with Crippen LogP contribution in [-0.4, -0.2) is 41.2 Å². The van der Waals surface area contributed by atoms with Gasteiger partial charge in [0.25, 0.3) is 5.91 Å². The fraction of sp³-hybridized carbons (Fsp3) is 0.200. The second kappa shape index (κ2) is 7.81. The van der Waals surface area contributed by atoms with E-state index in [0.29, 0.717) is 23.2 Å². The number of benzene rings is 3. The molecule has 1 atom stereocenters. The molecule has 3 aromatic carbocycles. The van der Waals surface area contributed by atoms with Crippen LogP contribution >= 0.6 is 0 Å². The molecule has 8 heteroatoms. The molecule has 4 aromatic rings. The molecule has 2 heterocycles. The highest BCUT2D eigenvalue weighted by Crippen LogP contribution is 2.31. The van der Waals surface area contributed by atoms with E-state index >= 15 is 0 Å². The third-order valence-electron chi connectivity index (χ3n) is 5.98. The highest BCUT2D eigenvalue weighted by atomic mass is 32.2. The molecule has 1 amide bonds. The van der Waals surface area contributed by atoms with Crippen LogP contribution in [-0.2, 0) is 9.84 Å². The number of carbonyl (C=O) groups excluding carboxylic acids is 1. The van der Waals surface area contributed by atoms with E-state index in [2.05, 4.69) is 5.32 Å². The zero-order valence-electron chi connectivity index (χ0n) is 18.0. The summed E-state index contributed by atoms with van der Waals surface area (Å²) in [5, 5.41) is 8.52. The SMILES string of the molecule is C[C@@]1(NC(=O)c2ccc3c(-c4ccccc4)nn(-c4ccc(F)cc4)c3c2)CCS(=O)(=O)C1. The summed E-state index contributed by atoms with van der Waals surface area (Å²) in [6, 6.07) is 21.0. The summed E-state index contributed by atoms with van der Waals surface area (Å²) in [7, 11) is -3.15. The molecule has 33 heavy (non-hydrogen) atoms. The van der Waals surface area contributed by atoms with Crippen LogP contribution in [0.2, 0.25) is 0 Å². The first-order valence-corrected chi connectivity index (χ1v) is 12.4. The van der Waals surface area contributed by atoms with Crippen LogP contribution in [0.5, 0.6) is 0 Å². The number of nitrogens with one attached hydrogen (secondary N) is 1. The van der Waals surface area contributed by atoms with Crippen LogP contribution in [0.15, 0.2) is 72.8 Å². The zero-order valence-corrected chi connectivity index (χ0v) is 18.8. The lowest BCUT2D eigenvalue weighted by molar-refractivity contribution is 0.0915. The number of sulfone groups is 1. The molecule has 1 aliphatic rings. The average molecular weight is 464 g/mol. The molecule has 1 aliphatic heterocycles. The number of fused-ring (bicyclic) bond motifs is 1. The number of nitrogens with zero attached hydrogens (tertiary/aromatic N) is 2. The summed E-state index contributed by atoms with van der Waals surface area (Å²) in [6.45, 7) is 1.75. The summed E-state index contributed by atoms with van der Waals surface area (Å²) in [5.74, 6) is -0.691. The normalized spacial score (nSPS) is 19.6. The molecule has 0 saturated carbocycles. The Balaban J connectivity index is 1.59. The molecule has 168 valence electrons. The van der Waals surface area contributed by atoms with Crippen molar-refractivity contribution in [2.75, 3.05) is 11.5 Å². The Morgan fingerprint density at radius 3 is 2.45 bits per heavy atom. The lowest BCUT2D eigenvalue weighted by atomic mass is 10.0. The Hall–Kier alpha value is -3.52. The van der Waals surface area contributed by atoms with Crippen LogP contribution < -0.4 is 5.32 Å². The third kappa shape index (κ3) is 4.14. The highest BCUT2D eigenvalue weighted by molar-refractivity contribution is 7.91. The lowest BCUT2D eigenvalue weighted by Crippen LogP contribution is -2.46. The first kappa shape index (κ1) is 21.3. The molecule has 1 aromatic heterocycles. The van der Waals surface area contributed by atoms with E-state index in [-0.39, 0.29) is 23.2 Å². The molecule has 1 saturated heterocycles. The van der Waals surface area contributed by atoms with Gasteiger partial charge in [-0.15, -0.1) is 0 Å². The minimum absolute atomic E-state index is 0.0698. The van der Waals surface area contributed by atoms with Gasteiger partial charge in [0.15, 0.2) is 9.84 Å². The molecule has 6 nitrogen and oxygen atoms in total. The van der Waals surface area contributed by atoms with Crippen molar-refractivity contribution < 1.29 is 17.6 Å². The summed E-state index contributed by atoms with van der Waals surface area (Å²) < 4.78 is 39.0. The van der Waals surface area contributed by atoms with Gasteiger partial charge in [-0.25, -0.2) is 17.5 Å². The van der Waals surface area contributed by atoms with E-state index in [9.17, 15) is 17.6 Å². The van der Waals surface area contributed by atoms with Crippen molar-refractivity contribution in [3.63, 3.8) is 0 Å². The molecule has 1 fully saturated rings. The molecular weight excluding hydrogens is 441 g/mol. The summed E-state index contributed by atoms with van der Waals surface area (Å²) >= 11 is 0. The smallest absolute Gasteiger partial charge is 0.251 e. The fourth-order valence-electron chi connectivity index (χ4n) is 4.30. The molecule has 0 spiro atoms. The van der Waals surface area contributed by atoms with Crippen LogP contribution in [0.25, 0.3) is 27.8 Å². The molecule has 0 radical (unpaired) electrons. The van der Waals surface area contributed by atoms with Crippen LogP contribution in [0.3, 0.4) is 0 Å². The van der Waals surface area contributed by atoms with E-state index in [1.807, 2.05) is 36.4 Å². The number of carbonyl (C=O) groups is 1. The number of halogens is 1. The van der Waals surface area contributed by atoms with Gasteiger partial charge in [-0.1, -0.05) is 30.3 Å². The van der Waals surface area contributed by atoms with Crippen LogP contribution in [0, 0.1) is 5.82 Å². The van der Waals surface area contributed by atoms with E-state index in [1.165, 1.54) is 12.1 Å². The Morgan fingerprint density at radius 2 is 1.79 bits per heavy atom. The monoisotopic (exact) mass is 463 g/mol. The first-order chi connectivity index (χ1) is 15.7. The largest absolute Gasteiger partial charge is 0.346 e. The fourth-order valence-corrected chi connectivity index (χ4v) is 6.39. The second-order valence-electron chi connectivity index (χ2n) is 8.69. The van der Waals surface area contributed by atoms with Crippen molar-refractivity contribution >= 4 is 26.6 Å². The van der Waals surface area contributed by atoms with Gasteiger partial charge in [-0.3, -0.25) is 4.79 Å².